The van der Waals surface area contributed by atoms with Crippen molar-refractivity contribution in [3.8, 4) is 0 Å². The Labute approximate surface area is 116 Å². The predicted octanol–water partition coefficient (Wildman–Crippen LogP) is 2.32. The van der Waals surface area contributed by atoms with E-state index in [1.54, 1.807) is 0 Å². The maximum atomic E-state index is 11.9. The van der Waals surface area contributed by atoms with Crippen molar-refractivity contribution in [3.05, 3.63) is 35.8 Å². The summed E-state index contributed by atoms with van der Waals surface area (Å²) in [6.07, 6.45) is 2.15. The molecule has 2 aromatic rings. The number of pyridine rings is 1. The van der Waals surface area contributed by atoms with Gasteiger partial charge in [-0.1, -0.05) is 6.07 Å². The van der Waals surface area contributed by atoms with Gasteiger partial charge in [-0.15, -0.1) is 0 Å². The van der Waals surface area contributed by atoms with E-state index in [1.807, 2.05) is 49.6 Å². The summed E-state index contributed by atoms with van der Waals surface area (Å²) in [5.74, 6) is 1.05. The van der Waals surface area contributed by atoms with Crippen LogP contribution in [0.15, 0.2) is 24.4 Å². The highest BCUT2D eigenvalue weighted by Crippen LogP contribution is 2.10. The molecule has 0 aliphatic rings. The first-order chi connectivity index (χ1) is 9.06. The minimum absolute atomic E-state index is 0.190. The van der Waals surface area contributed by atoms with Gasteiger partial charge in [0.2, 0.25) is 0 Å². The van der Waals surface area contributed by atoms with Crippen molar-refractivity contribution in [2.75, 3.05) is 12.4 Å². The van der Waals surface area contributed by atoms with E-state index < -0.39 is 10.8 Å². The van der Waals surface area contributed by atoms with Gasteiger partial charge >= 0.3 is 0 Å². The number of hydrogen-bond donors (Lipinski definition) is 0. The van der Waals surface area contributed by atoms with Crippen molar-refractivity contribution in [2.45, 2.75) is 32.6 Å². The topological polar surface area (TPSA) is 43.6 Å². The van der Waals surface area contributed by atoms with Crippen LogP contribution in [-0.4, -0.2) is 32.1 Å². The molecule has 0 aliphatic carbocycles. The Kier molecular flexibility index (Phi) is 4.71. The van der Waals surface area contributed by atoms with Crippen molar-refractivity contribution in [1.82, 2.24) is 9.38 Å². The molecule has 2 rings (SSSR count). The molecular formula is C14H20N2O2S. The summed E-state index contributed by atoms with van der Waals surface area (Å²) in [4.78, 5) is 4.49. The van der Waals surface area contributed by atoms with E-state index in [-0.39, 0.29) is 6.10 Å². The highest BCUT2D eigenvalue weighted by molar-refractivity contribution is 7.84. The lowest BCUT2D eigenvalue weighted by molar-refractivity contribution is 0.0916. The minimum Gasteiger partial charge on any atom is -0.378 e. The molecule has 1 unspecified atom stereocenters. The van der Waals surface area contributed by atoms with Crippen molar-refractivity contribution in [2.24, 2.45) is 0 Å². The molecule has 0 N–H and O–H groups in total. The molecule has 2 heterocycles. The molecule has 0 bridgehead atoms. The van der Waals surface area contributed by atoms with Crippen LogP contribution >= 0.6 is 0 Å². The summed E-state index contributed by atoms with van der Waals surface area (Å²) < 4.78 is 19.4. The normalized spacial score (nSPS) is 13.3. The number of ether oxygens (including phenoxy) is 1. The average Bonchev–Trinajstić information content (AvgIpc) is 2.72. The van der Waals surface area contributed by atoms with Crippen molar-refractivity contribution < 1.29 is 8.95 Å². The van der Waals surface area contributed by atoms with E-state index in [2.05, 4.69) is 4.98 Å². The van der Waals surface area contributed by atoms with E-state index in [4.69, 9.17) is 4.74 Å². The van der Waals surface area contributed by atoms with E-state index in [0.29, 0.717) is 18.1 Å². The molecule has 4 nitrogen and oxygen atoms in total. The summed E-state index contributed by atoms with van der Waals surface area (Å²) in [5.41, 5.74) is 2.91. The Morgan fingerprint density at radius 3 is 2.89 bits per heavy atom. The fourth-order valence-corrected chi connectivity index (χ4v) is 2.78. The SMILES string of the molecule is Cc1cccc2nc(CS(=O)CCOC(C)C)cn12. The molecule has 0 saturated heterocycles. The molecular weight excluding hydrogens is 260 g/mol. The molecule has 5 heteroatoms. The number of nitrogens with zero attached hydrogens (tertiary/aromatic N) is 2. The highest BCUT2D eigenvalue weighted by atomic mass is 32.2. The Hall–Kier alpha value is -1.20. The first-order valence-corrected chi connectivity index (χ1v) is 7.95. The van der Waals surface area contributed by atoms with Gasteiger partial charge in [-0.2, -0.15) is 0 Å². The summed E-state index contributed by atoms with van der Waals surface area (Å²) in [6, 6.07) is 5.97. The Morgan fingerprint density at radius 2 is 2.21 bits per heavy atom. The summed E-state index contributed by atoms with van der Waals surface area (Å²) in [7, 11) is -0.922. The monoisotopic (exact) mass is 280 g/mol. The van der Waals surface area contributed by atoms with Gasteiger partial charge < -0.3 is 9.14 Å². The molecule has 19 heavy (non-hydrogen) atoms. The number of aromatic nitrogens is 2. The molecule has 0 spiro atoms. The van der Waals surface area contributed by atoms with Gasteiger partial charge in [0.05, 0.1) is 24.2 Å². The second-order valence-electron chi connectivity index (χ2n) is 4.84. The van der Waals surface area contributed by atoms with Crippen molar-refractivity contribution in [3.63, 3.8) is 0 Å². The van der Waals surface area contributed by atoms with Crippen LogP contribution in [0.3, 0.4) is 0 Å². The maximum absolute atomic E-state index is 11.9. The van der Waals surface area contributed by atoms with Gasteiger partial charge in [-0.3, -0.25) is 4.21 Å². The molecule has 0 aliphatic heterocycles. The first kappa shape index (κ1) is 14.2. The number of aryl methyl sites for hydroxylation is 1. The van der Waals surface area contributed by atoms with Gasteiger partial charge in [0.1, 0.15) is 5.65 Å². The quantitative estimate of drug-likeness (QED) is 0.815. The van der Waals surface area contributed by atoms with Crippen LogP contribution in [0, 0.1) is 6.92 Å². The van der Waals surface area contributed by atoms with Gasteiger partial charge in [0, 0.05) is 28.4 Å². The first-order valence-electron chi connectivity index (χ1n) is 6.46. The average molecular weight is 280 g/mol. The lowest BCUT2D eigenvalue weighted by atomic mass is 10.4. The van der Waals surface area contributed by atoms with Crippen LogP contribution in [0.2, 0.25) is 0 Å². The van der Waals surface area contributed by atoms with Crippen LogP contribution in [0.4, 0.5) is 0 Å². The Bertz CT molecular complexity index is 578. The lowest BCUT2D eigenvalue weighted by Crippen LogP contribution is -2.12. The molecule has 0 saturated carbocycles. The second kappa shape index (κ2) is 6.30. The number of hydrogen-bond acceptors (Lipinski definition) is 3. The second-order valence-corrected chi connectivity index (χ2v) is 6.41. The van der Waals surface area contributed by atoms with E-state index >= 15 is 0 Å². The fourth-order valence-electron chi connectivity index (χ4n) is 1.88. The molecule has 0 fully saturated rings. The van der Waals surface area contributed by atoms with Gasteiger partial charge in [0.15, 0.2) is 0 Å². The summed E-state index contributed by atoms with van der Waals surface area (Å²) in [6.45, 7) is 6.53. The molecule has 0 radical (unpaired) electrons. The van der Waals surface area contributed by atoms with Crippen LogP contribution in [-0.2, 0) is 21.3 Å². The zero-order valence-corrected chi connectivity index (χ0v) is 12.4. The predicted molar refractivity (Wildman–Crippen MR) is 77.7 cm³/mol. The van der Waals surface area contributed by atoms with Crippen molar-refractivity contribution in [1.29, 1.82) is 0 Å². The Morgan fingerprint density at radius 1 is 1.42 bits per heavy atom. The maximum Gasteiger partial charge on any atom is 0.137 e. The minimum atomic E-state index is -0.922. The zero-order chi connectivity index (χ0) is 13.8. The lowest BCUT2D eigenvalue weighted by Gasteiger charge is -2.06. The number of imidazole rings is 1. The third-order valence-corrected chi connectivity index (χ3v) is 4.06. The van der Waals surface area contributed by atoms with E-state index in [0.717, 1.165) is 17.0 Å². The molecule has 2 aromatic heterocycles. The molecule has 0 amide bonds. The third kappa shape index (κ3) is 3.88. The molecule has 104 valence electrons. The third-order valence-electron chi connectivity index (χ3n) is 2.82. The summed E-state index contributed by atoms with van der Waals surface area (Å²) in [5, 5.41) is 0. The highest BCUT2D eigenvalue weighted by Gasteiger charge is 2.07. The molecule has 0 aromatic carbocycles. The number of fused-ring (bicyclic) bond motifs is 1. The van der Waals surface area contributed by atoms with Crippen LogP contribution in [0.5, 0.6) is 0 Å². The van der Waals surface area contributed by atoms with Crippen molar-refractivity contribution >= 4 is 16.4 Å². The van der Waals surface area contributed by atoms with E-state index in [9.17, 15) is 4.21 Å². The largest absolute Gasteiger partial charge is 0.378 e. The van der Waals surface area contributed by atoms with E-state index in [1.165, 1.54) is 0 Å². The van der Waals surface area contributed by atoms with Gasteiger partial charge in [-0.05, 0) is 32.9 Å². The summed E-state index contributed by atoms with van der Waals surface area (Å²) >= 11 is 0. The standard InChI is InChI=1S/C14H20N2O2S/c1-11(2)18-7-8-19(17)10-13-9-16-12(3)5-4-6-14(16)15-13/h4-6,9,11H,7-8,10H2,1-3H3. The number of rotatable bonds is 6. The zero-order valence-electron chi connectivity index (χ0n) is 11.6. The van der Waals surface area contributed by atoms with Crippen LogP contribution < -0.4 is 0 Å². The smallest absolute Gasteiger partial charge is 0.137 e. The van der Waals surface area contributed by atoms with Crippen LogP contribution in [0.25, 0.3) is 5.65 Å². The Balaban J connectivity index is 1.97. The van der Waals surface area contributed by atoms with Gasteiger partial charge in [0.25, 0.3) is 0 Å². The van der Waals surface area contributed by atoms with Crippen LogP contribution in [0.1, 0.15) is 25.2 Å². The van der Waals surface area contributed by atoms with Gasteiger partial charge in [-0.25, -0.2) is 4.98 Å². The fraction of sp³-hybridized carbons (Fsp3) is 0.500. The molecule has 1 atom stereocenters.